The van der Waals surface area contributed by atoms with Gasteiger partial charge in [0.05, 0.1) is 11.3 Å². The molecule has 0 unspecified atom stereocenters. The van der Waals surface area contributed by atoms with E-state index in [0.29, 0.717) is 5.02 Å². The Bertz CT molecular complexity index is 437. The number of anilines is 1. The van der Waals surface area contributed by atoms with Crippen LogP contribution in [0, 0.1) is 23.2 Å². The maximum Gasteiger partial charge on any atom is 0.154 e. The molecule has 0 bridgehead atoms. The molecule has 1 aromatic rings. The normalized spacial score (nSPS) is 8.31. The minimum absolute atomic E-state index is 0.146. The SMILES string of the molecule is N#CC#Cc1cc(Cl)cc(N)c1O. The molecule has 0 radical (unpaired) electrons. The summed E-state index contributed by atoms with van der Waals surface area (Å²) in [6.07, 6.45) is 0. The van der Waals surface area contributed by atoms with Crippen LogP contribution in [0.3, 0.4) is 0 Å². The van der Waals surface area contributed by atoms with Gasteiger partial charge in [0.15, 0.2) is 11.8 Å². The van der Waals surface area contributed by atoms with E-state index in [2.05, 4.69) is 11.8 Å². The van der Waals surface area contributed by atoms with Gasteiger partial charge in [-0.05, 0) is 18.1 Å². The Balaban J connectivity index is 3.30. The van der Waals surface area contributed by atoms with Gasteiger partial charge in [-0.25, -0.2) is 0 Å². The van der Waals surface area contributed by atoms with Crippen molar-refractivity contribution >= 4 is 17.3 Å². The predicted molar refractivity (Wildman–Crippen MR) is 50.0 cm³/mol. The number of aromatic hydroxyl groups is 1. The molecule has 0 amide bonds. The van der Waals surface area contributed by atoms with Crippen molar-refractivity contribution in [1.82, 2.24) is 0 Å². The quantitative estimate of drug-likeness (QED) is 0.372. The number of nitriles is 1. The fraction of sp³-hybridized carbons (Fsp3) is 0. The molecular formula is C9H5ClN2O. The number of halogens is 1. The van der Waals surface area contributed by atoms with E-state index >= 15 is 0 Å². The second-order valence-electron chi connectivity index (χ2n) is 2.25. The van der Waals surface area contributed by atoms with Crippen LogP contribution in [-0.4, -0.2) is 5.11 Å². The summed E-state index contributed by atoms with van der Waals surface area (Å²) in [5, 5.41) is 17.9. The number of phenolic OH excluding ortho intramolecular Hbond substituents is 1. The highest BCUT2D eigenvalue weighted by atomic mass is 35.5. The van der Waals surface area contributed by atoms with Crippen LogP contribution < -0.4 is 5.73 Å². The number of nitrogens with zero attached hydrogens (tertiary/aromatic N) is 1. The predicted octanol–water partition coefficient (Wildman–Crippen LogP) is 1.50. The topological polar surface area (TPSA) is 70.0 Å². The van der Waals surface area contributed by atoms with E-state index < -0.39 is 0 Å². The molecule has 0 heterocycles. The van der Waals surface area contributed by atoms with Gasteiger partial charge in [0.25, 0.3) is 0 Å². The molecule has 1 rings (SSSR count). The molecular weight excluding hydrogens is 188 g/mol. The average Bonchev–Trinajstić information content (AvgIpc) is 2.09. The molecule has 4 heteroatoms. The third kappa shape index (κ3) is 2.05. The average molecular weight is 193 g/mol. The van der Waals surface area contributed by atoms with Gasteiger partial charge >= 0.3 is 0 Å². The van der Waals surface area contributed by atoms with Crippen molar-refractivity contribution < 1.29 is 5.11 Å². The zero-order valence-electron chi connectivity index (χ0n) is 6.50. The number of phenols is 1. The van der Waals surface area contributed by atoms with Crippen LogP contribution in [0.15, 0.2) is 12.1 Å². The molecule has 0 aliphatic heterocycles. The van der Waals surface area contributed by atoms with E-state index in [1.54, 1.807) is 6.07 Å². The minimum Gasteiger partial charge on any atom is -0.505 e. The molecule has 3 nitrogen and oxygen atoms in total. The van der Waals surface area contributed by atoms with Crippen molar-refractivity contribution in [3.8, 4) is 23.7 Å². The van der Waals surface area contributed by atoms with Gasteiger partial charge < -0.3 is 10.8 Å². The van der Waals surface area contributed by atoms with Gasteiger partial charge in [-0.1, -0.05) is 11.6 Å². The molecule has 64 valence electrons. The zero-order valence-corrected chi connectivity index (χ0v) is 7.26. The number of rotatable bonds is 0. The van der Waals surface area contributed by atoms with Gasteiger partial charge in [-0.15, -0.1) is 0 Å². The number of hydrogen-bond donors (Lipinski definition) is 2. The van der Waals surface area contributed by atoms with E-state index in [1.165, 1.54) is 12.1 Å². The van der Waals surface area contributed by atoms with Crippen molar-refractivity contribution in [2.24, 2.45) is 0 Å². The molecule has 0 saturated heterocycles. The summed E-state index contributed by atoms with van der Waals surface area (Å²) in [4.78, 5) is 0. The first-order valence-corrected chi connectivity index (χ1v) is 3.71. The Morgan fingerprint density at radius 1 is 1.46 bits per heavy atom. The summed E-state index contributed by atoms with van der Waals surface area (Å²) in [6, 6.07) is 4.48. The van der Waals surface area contributed by atoms with Crippen molar-refractivity contribution in [3.63, 3.8) is 0 Å². The molecule has 0 saturated carbocycles. The summed E-state index contributed by atoms with van der Waals surface area (Å²) < 4.78 is 0. The maximum atomic E-state index is 9.35. The first-order valence-electron chi connectivity index (χ1n) is 3.33. The molecule has 0 aliphatic carbocycles. The fourth-order valence-electron chi connectivity index (χ4n) is 0.811. The molecule has 1 aromatic carbocycles. The third-order valence-corrected chi connectivity index (χ3v) is 1.58. The van der Waals surface area contributed by atoms with Crippen LogP contribution >= 0.6 is 11.6 Å². The van der Waals surface area contributed by atoms with Crippen molar-refractivity contribution in [2.45, 2.75) is 0 Å². The number of nitrogen functional groups attached to an aromatic ring is 1. The van der Waals surface area contributed by atoms with Crippen molar-refractivity contribution in [2.75, 3.05) is 5.73 Å². The van der Waals surface area contributed by atoms with E-state index in [9.17, 15) is 5.11 Å². The van der Waals surface area contributed by atoms with E-state index in [1.807, 2.05) is 0 Å². The summed E-state index contributed by atoms with van der Waals surface area (Å²) in [5.41, 5.74) is 5.81. The van der Waals surface area contributed by atoms with Crippen LogP contribution in [0.25, 0.3) is 0 Å². The second kappa shape index (κ2) is 3.71. The van der Waals surface area contributed by atoms with Crippen molar-refractivity contribution in [1.29, 1.82) is 5.26 Å². The van der Waals surface area contributed by atoms with Crippen molar-refractivity contribution in [3.05, 3.63) is 22.7 Å². The molecule has 13 heavy (non-hydrogen) atoms. The van der Waals surface area contributed by atoms with Crippen LogP contribution in [0.5, 0.6) is 5.75 Å². The monoisotopic (exact) mass is 192 g/mol. The summed E-state index contributed by atoms with van der Waals surface area (Å²) in [5.74, 6) is 4.41. The van der Waals surface area contributed by atoms with E-state index in [4.69, 9.17) is 22.6 Å². The molecule has 0 atom stereocenters. The Morgan fingerprint density at radius 3 is 2.77 bits per heavy atom. The van der Waals surface area contributed by atoms with Gasteiger partial charge in [0.2, 0.25) is 0 Å². The standard InChI is InChI=1S/C9H5ClN2O/c10-7-4-6(2-1-3-11)9(13)8(12)5-7/h4-5,13H,12H2. The fourth-order valence-corrected chi connectivity index (χ4v) is 1.04. The molecule has 0 aromatic heterocycles. The third-order valence-electron chi connectivity index (χ3n) is 1.36. The number of hydrogen-bond acceptors (Lipinski definition) is 3. The Hall–Kier alpha value is -1.84. The molecule has 3 N–H and O–H groups in total. The Kier molecular flexibility index (Phi) is 2.64. The Labute approximate surface area is 80.4 Å². The second-order valence-corrected chi connectivity index (χ2v) is 2.69. The largest absolute Gasteiger partial charge is 0.505 e. The molecule has 0 fully saturated rings. The molecule has 0 aliphatic rings. The molecule has 0 spiro atoms. The lowest BCUT2D eigenvalue weighted by Gasteiger charge is -2.01. The highest BCUT2D eigenvalue weighted by molar-refractivity contribution is 6.31. The lowest BCUT2D eigenvalue weighted by molar-refractivity contribution is 0.476. The lowest BCUT2D eigenvalue weighted by Crippen LogP contribution is -1.88. The first-order chi connectivity index (χ1) is 6.15. The zero-order chi connectivity index (χ0) is 9.84. The maximum absolute atomic E-state index is 9.35. The van der Waals surface area contributed by atoms with Gasteiger partial charge in [-0.3, -0.25) is 0 Å². The van der Waals surface area contributed by atoms with E-state index in [0.717, 1.165) is 0 Å². The first kappa shape index (κ1) is 9.25. The van der Waals surface area contributed by atoms with Crippen LogP contribution in [-0.2, 0) is 0 Å². The van der Waals surface area contributed by atoms with Gasteiger partial charge in [-0.2, -0.15) is 5.26 Å². The smallest absolute Gasteiger partial charge is 0.154 e. The van der Waals surface area contributed by atoms with Gasteiger partial charge in [0.1, 0.15) is 0 Å². The minimum atomic E-state index is -0.146. The van der Waals surface area contributed by atoms with Crippen LogP contribution in [0.1, 0.15) is 5.56 Å². The number of benzene rings is 1. The highest BCUT2D eigenvalue weighted by Crippen LogP contribution is 2.28. The summed E-state index contributed by atoms with van der Waals surface area (Å²) in [6.45, 7) is 0. The summed E-state index contributed by atoms with van der Waals surface area (Å²) >= 11 is 5.66. The van der Waals surface area contributed by atoms with E-state index in [-0.39, 0.29) is 17.0 Å². The van der Waals surface area contributed by atoms with Crippen LogP contribution in [0.4, 0.5) is 5.69 Å². The van der Waals surface area contributed by atoms with Crippen LogP contribution in [0.2, 0.25) is 5.02 Å². The Morgan fingerprint density at radius 2 is 2.15 bits per heavy atom. The summed E-state index contributed by atoms with van der Waals surface area (Å²) in [7, 11) is 0. The van der Waals surface area contributed by atoms with Gasteiger partial charge in [0, 0.05) is 10.9 Å². The highest BCUT2D eigenvalue weighted by Gasteiger charge is 2.03. The lowest BCUT2D eigenvalue weighted by atomic mass is 10.2. The number of nitrogens with two attached hydrogens (primary N) is 1.